The van der Waals surface area contributed by atoms with Crippen molar-refractivity contribution in [1.82, 2.24) is 9.80 Å². The Bertz CT molecular complexity index is 372. The van der Waals surface area contributed by atoms with E-state index in [9.17, 15) is 9.59 Å². The van der Waals surface area contributed by atoms with Gasteiger partial charge in [-0.25, -0.2) is 0 Å². The normalized spacial score (nSPS) is 15.1. The van der Waals surface area contributed by atoms with Crippen molar-refractivity contribution in [3.05, 3.63) is 0 Å². The molecule has 0 saturated heterocycles. The highest BCUT2D eigenvalue weighted by atomic mass is 16.5. The number of esters is 1. The van der Waals surface area contributed by atoms with Crippen LogP contribution in [0.15, 0.2) is 0 Å². The highest BCUT2D eigenvalue weighted by Crippen LogP contribution is 2.23. The second-order valence-electron chi connectivity index (χ2n) is 5.14. The molecule has 0 aromatic rings. The van der Waals surface area contributed by atoms with Crippen LogP contribution in [0.5, 0.6) is 0 Å². The van der Waals surface area contributed by atoms with Crippen molar-refractivity contribution in [2.45, 2.75) is 38.1 Å². The fourth-order valence-electron chi connectivity index (χ4n) is 2.45. The number of nitrogens with zero attached hydrogens (tertiary/aromatic N) is 3. The van der Waals surface area contributed by atoms with Gasteiger partial charge in [0, 0.05) is 19.6 Å². The fourth-order valence-corrected chi connectivity index (χ4v) is 2.45. The van der Waals surface area contributed by atoms with Crippen LogP contribution in [0.2, 0.25) is 0 Å². The Morgan fingerprint density at radius 1 is 1.30 bits per heavy atom. The van der Waals surface area contributed by atoms with Gasteiger partial charge in [-0.1, -0.05) is 12.8 Å². The number of methoxy groups -OCH3 is 1. The zero-order valence-corrected chi connectivity index (χ0v) is 12.3. The second-order valence-corrected chi connectivity index (χ2v) is 5.14. The molecule has 112 valence electrons. The van der Waals surface area contributed by atoms with Gasteiger partial charge in [0.15, 0.2) is 0 Å². The number of carbonyl (C=O) groups is 2. The maximum Gasteiger partial charge on any atom is 0.319 e. The molecule has 1 amide bonds. The predicted molar refractivity (Wildman–Crippen MR) is 73.7 cm³/mol. The first-order valence-electron chi connectivity index (χ1n) is 7.00. The van der Waals surface area contributed by atoms with Crippen LogP contribution in [0.4, 0.5) is 0 Å². The van der Waals surface area contributed by atoms with Crippen LogP contribution in [0, 0.1) is 11.3 Å². The Kier molecular flexibility index (Phi) is 7.02. The summed E-state index contributed by atoms with van der Waals surface area (Å²) in [6, 6.07) is 2.30. The van der Waals surface area contributed by atoms with E-state index < -0.39 is 0 Å². The summed E-state index contributed by atoms with van der Waals surface area (Å²) in [7, 11) is 3.04. The number of ether oxygens (including phenoxy) is 1. The highest BCUT2D eigenvalue weighted by molar-refractivity contribution is 5.79. The summed E-state index contributed by atoms with van der Waals surface area (Å²) in [4.78, 5) is 27.0. The Morgan fingerprint density at radius 3 is 2.50 bits per heavy atom. The van der Waals surface area contributed by atoms with Gasteiger partial charge >= 0.3 is 5.97 Å². The largest absolute Gasteiger partial charge is 0.468 e. The summed E-state index contributed by atoms with van der Waals surface area (Å²) in [6.07, 6.45) is 4.64. The lowest BCUT2D eigenvalue weighted by atomic mass is 10.2. The van der Waals surface area contributed by atoms with E-state index in [4.69, 9.17) is 10.00 Å². The van der Waals surface area contributed by atoms with Gasteiger partial charge in [-0.05, 0) is 12.8 Å². The lowest BCUT2D eigenvalue weighted by Gasteiger charge is -2.28. The van der Waals surface area contributed by atoms with Crippen LogP contribution in [-0.2, 0) is 14.3 Å². The van der Waals surface area contributed by atoms with Crippen molar-refractivity contribution < 1.29 is 14.3 Å². The summed E-state index contributed by atoms with van der Waals surface area (Å²) in [6.45, 7) is 0.784. The zero-order chi connectivity index (χ0) is 15.0. The minimum absolute atomic E-state index is 0.0592. The van der Waals surface area contributed by atoms with Crippen LogP contribution in [0.25, 0.3) is 0 Å². The predicted octanol–water partition coefficient (Wildman–Crippen LogP) is 0.776. The first-order valence-corrected chi connectivity index (χ1v) is 7.00. The molecule has 0 N–H and O–H groups in total. The van der Waals surface area contributed by atoms with Gasteiger partial charge in [-0.2, -0.15) is 5.26 Å². The Hall–Kier alpha value is -1.61. The molecule has 0 heterocycles. The molecule has 0 spiro atoms. The third kappa shape index (κ3) is 5.17. The zero-order valence-electron chi connectivity index (χ0n) is 12.3. The molecule has 0 bridgehead atoms. The third-order valence-electron chi connectivity index (χ3n) is 3.72. The second kappa shape index (κ2) is 8.54. The van der Waals surface area contributed by atoms with Gasteiger partial charge in [0.25, 0.3) is 0 Å². The van der Waals surface area contributed by atoms with Crippen molar-refractivity contribution in [2.24, 2.45) is 0 Å². The van der Waals surface area contributed by atoms with Gasteiger partial charge in [-0.15, -0.1) is 0 Å². The summed E-state index contributed by atoms with van der Waals surface area (Å²) in [5.41, 5.74) is 0. The average Bonchev–Trinajstić information content (AvgIpc) is 2.97. The number of amides is 1. The summed E-state index contributed by atoms with van der Waals surface area (Å²) in [5, 5.41) is 8.54. The minimum Gasteiger partial charge on any atom is -0.468 e. The molecule has 20 heavy (non-hydrogen) atoms. The summed E-state index contributed by atoms with van der Waals surface area (Å²) < 4.78 is 4.70. The Balaban J connectivity index is 2.56. The molecule has 0 unspecified atom stereocenters. The van der Waals surface area contributed by atoms with Crippen LogP contribution in [0.3, 0.4) is 0 Å². The molecule has 1 saturated carbocycles. The molecule has 1 aliphatic carbocycles. The van der Waals surface area contributed by atoms with Crippen molar-refractivity contribution in [1.29, 1.82) is 5.26 Å². The number of hydrogen-bond donors (Lipinski definition) is 0. The molecule has 0 aliphatic heterocycles. The van der Waals surface area contributed by atoms with Crippen LogP contribution in [-0.4, -0.2) is 61.5 Å². The van der Waals surface area contributed by atoms with Gasteiger partial charge in [0.1, 0.15) is 0 Å². The van der Waals surface area contributed by atoms with Crippen molar-refractivity contribution >= 4 is 11.9 Å². The number of rotatable bonds is 7. The molecule has 1 rings (SSSR count). The van der Waals surface area contributed by atoms with E-state index in [1.807, 2.05) is 11.0 Å². The van der Waals surface area contributed by atoms with Crippen LogP contribution in [0.1, 0.15) is 32.1 Å². The lowest BCUT2D eigenvalue weighted by Crippen LogP contribution is -2.45. The Labute approximate surface area is 120 Å². The smallest absolute Gasteiger partial charge is 0.319 e. The van der Waals surface area contributed by atoms with Gasteiger partial charge < -0.3 is 9.64 Å². The van der Waals surface area contributed by atoms with E-state index in [1.165, 1.54) is 7.11 Å². The summed E-state index contributed by atoms with van der Waals surface area (Å²) >= 11 is 0. The topological polar surface area (TPSA) is 73.6 Å². The Morgan fingerprint density at radius 2 is 1.95 bits per heavy atom. The first-order chi connectivity index (χ1) is 9.58. The van der Waals surface area contributed by atoms with Crippen molar-refractivity contribution in [3.63, 3.8) is 0 Å². The van der Waals surface area contributed by atoms with Crippen LogP contribution < -0.4 is 0 Å². The number of carbonyl (C=O) groups excluding carboxylic acids is 2. The quantitative estimate of drug-likeness (QED) is 0.645. The average molecular weight is 281 g/mol. The third-order valence-corrected chi connectivity index (χ3v) is 3.72. The first kappa shape index (κ1) is 16.4. The van der Waals surface area contributed by atoms with Crippen molar-refractivity contribution in [3.8, 4) is 6.07 Å². The SMILES string of the molecule is COC(=O)CN(CC(=O)N(C)CCC#N)C1CCCC1. The molecule has 0 aromatic carbocycles. The molecule has 0 radical (unpaired) electrons. The van der Waals surface area contributed by atoms with E-state index in [0.29, 0.717) is 13.0 Å². The van der Waals surface area contributed by atoms with Gasteiger partial charge in [0.05, 0.1) is 32.7 Å². The van der Waals surface area contributed by atoms with E-state index >= 15 is 0 Å². The molecular weight excluding hydrogens is 258 g/mol. The molecule has 0 atom stereocenters. The van der Waals surface area contributed by atoms with Gasteiger partial charge in [0.2, 0.25) is 5.91 Å². The number of nitriles is 1. The fraction of sp³-hybridized carbons (Fsp3) is 0.786. The number of likely N-dealkylation sites (N-methyl/N-ethyl adjacent to an activating group) is 1. The maximum absolute atomic E-state index is 12.1. The van der Waals surface area contributed by atoms with Gasteiger partial charge in [-0.3, -0.25) is 14.5 Å². The molecule has 6 nitrogen and oxygen atoms in total. The molecule has 6 heteroatoms. The van der Waals surface area contributed by atoms with E-state index in [1.54, 1.807) is 11.9 Å². The molecular formula is C14H23N3O3. The standard InChI is InChI=1S/C14H23N3O3/c1-16(9-5-8-15)13(18)10-17(11-14(19)20-2)12-6-3-4-7-12/h12H,3-7,9-11H2,1-2H3. The number of hydrogen-bond acceptors (Lipinski definition) is 5. The monoisotopic (exact) mass is 281 g/mol. The maximum atomic E-state index is 12.1. The molecule has 0 aromatic heterocycles. The summed E-state index contributed by atoms with van der Waals surface area (Å²) in [5.74, 6) is -0.375. The minimum atomic E-state index is -0.315. The lowest BCUT2D eigenvalue weighted by molar-refractivity contribution is -0.143. The van der Waals surface area contributed by atoms with E-state index in [0.717, 1.165) is 25.7 Å². The highest BCUT2D eigenvalue weighted by Gasteiger charge is 2.27. The van der Waals surface area contributed by atoms with E-state index in [2.05, 4.69) is 0 Å². The molecule has 1 aliphatic rings. The van der Waals surface area contributed by atoms with Crippen molar-refractivity contribution in [2.75, 3.05) is 33.8 Å². The molecule has 1 fully saturated rings. The van der Waals surface area contributed by atoms with E-state index in [-0.39, 0.29) is 31.0 Å². The van der Waals surface area contributed by atoms with Crippen LogP contribution >= 0.6 is 0 Å².